The number of hydrogen-bond donors (Lipinski definition) is 0. The van der Waals surface area contributed by atoms with Gasteiger partial charge < -0.3 is 0 Å². The number of rotatable bonds is 1. The summed E-state index contributed by atoms with van der Waals surface area (Å²) < 4.78 is 0. The van der Waals surface area contributed by atoms with E-state index in [1.54, 1.807) is 0 Å². The quantitative estimate of drug-likeness (QED) is 0.425. The third-order valence-electron chi connectivity index (χ3n) is 0.841. The fourth-order valence-corrected chi connectivity index (χ4v) is 0. The van der Waals surface area contributed by atoms with Crippen LogP contribution < -0.4 is 0 Å². The van der Waals surface area contributed by atoms with Gasteiger partial charge in [-0.1, -0.05) is 19.1 Å². The lowest BCUT2D eigenvalue weighted by molar-refractivity contribution is 0.864. The lowest BCUT2D eigenvalue weighted by Gasteiger charge is -1.97. The van der Waals surface area contributed by atoms with Crippen LogP contribution in [0.1, 0.15) is 13.8 Å². The fraction of sp³-hybridized carbons (Fsp3) is 0.500. The zero-order chi connectivity index (χ0) is 5.15. The van der Waals surface area contributed by atoms with E-state index in [-0.39, 0.29) is 0 Å². The van der Waals surface area contributed by atoms with Crippen molar-refractivity contribution in [1.29, 1.82) is 0 Å². The number of hydrogen-bond acceptors (Lipinski definition) is 0. The Morgan fingerprint density at radius 2 is 1.83 bits per heavy atom. The van der Waals surface area contributed by atoms with Gasteiger partial charge in [-0.3, -0.25) is 0 Å². The van der Waals surface area contributed by atoms with E-state index in [9.17, 15) is 0 Å². The van der Waals surface area contributed by atoms with Crippen molar-refractivity contribution in [2.45, 2.75) is 13.8 Å². The highest BCUT2D eigenvalue weighted by atomic mass is 13.9. The van der Waals surface area contributed by atoms with E-state index < -0.39 is 0 Å². The predicted octanol–water partition coefficient (Wildman–Crippen LogP) is 2.03. The molecular formula is C6H11. The van der Waals surface area contributed by atoms with Crippen molar-refractivity contribution in [3.8, 4) is 0 Å². The Bertz CT molecular complexity index is 51.1. The summed E-state index contributed by atoms with van der Waals surface area (Å²) in [6, 6.07) is 0. The van der Waals surface area contributed by atoms with Crippen molar-refractivity contribution in [3.05, 3.63) is 19.1 Å². The molecule has 0 rings (SSSR count). The molecule has 0 saturated heterocycles. The van der Waals surface area contributed by atoms with Gasteiger partial charge in [0.05, 0.1) is 0 Å². The first-order valence-corrected chi connectivity index (χ1v) is 2.13. The molecule has 0 aliphatic rings. The minimum atomic E-state index is 0.407. The first-order valence-electron chi connectivity index (χ1n) is 2.13. The van der Waals surface area contributed by atoms with Crippen molar-refractivity contribution >= 4 is 0 Å². The standard InChI is InChI=1S/C6H11/c1-5(2)6(3)4/h5H,1,3H2,2,4H3. The van der Waals surface area contributed by atoms with Crippen LogP contribution in [0.4, 0.5) is 0 Å². The Balaban J connectivity index is 3.26. The van der Waals surface area contributed by atoms with E-state index in [1.165, 1.54) is 0 Å². The zero-order valence-corrected chi connectivity index (χ0v) is 4.49. The van der Waals surface area contributed by atoms with Gasteiger partial charge in [-0.2, -0.15) is 0 Å². The summed E-state index contributed by atoms with van der Waals surface area (Å²) in [4.78, 5) is 0. The van der Waals surface area contributed by atoms with Gasteiger partial charge in [0, 0.05) is 0 Å². The maximum Gasteiger partial charge on any atom is -0.0237 e. The van der Waals surface area contributed by atoms with Gasteiger partial charge >= 0.3 is 0 Å². The van der Waals surface area contributed by atoms with Crippen LogP contribution in [-0.4, -0.2) is 0 Å². The Morgan fingerprint density at radius 3 is 1.83 bits per heavy atom. The summed E-state index contributed by atoms with van der Waals surface area (Å²) in [5.41, 5.74) is 1.15. The van der Waals surface area contributed by atoms with Crippen LogP contribution in [0.2, 0.25) is 0 Å². The van der Waals surface area contributed by atoms with Gasteiger partial charge in [-0.05, 0) is 19.8 Å². The van der Waals surface area contributed by atoms with Gasteiger partial charge in [0.1, 0.15) is 0 Å². The Labute approximate surface area is 39.9 Å². The summed E-state index contributed by atoms with van der Waals surface area (Å²) >= 11 is 0. The molecule has 0 bridgehead atoms. The first-order chi connectivity index (χ1) is 2.64. The van der Waals surface area contributed by atoms with Crippen molar-refractivity contribution in [1.82, 2.24) is 0 Å². The molecule has 0 N–H and O–H groups in total. The fourth-order valence-electron chi connectivity index (χ4n) is 0. The highest BCUT2D eigenvalue weighted by molar-refractivity contribution is 4.94. The molecular weight excluding hydrogens is 72.1 g/mol. The molecule has 0 aliphatic heterocycles. The van der Waals surface area contributed by atoms with Crippen molar-refractivity contribution in [2.75, 3.05) is 0 Å². The van der Waals surface area contributed by atoms with Gasteiger partial charge in [-0.25, -0.2) is 0 Å². The first kappa shape index (κ1) is 5.74. The minimum absolute atomic E-state index is 0.407. The molecule has 35 valence electrons. The highest BCUT2D eigenvalue weighted by Gasteiger charge is 1.87. The van der Waals surface area contributed by atoms with Crippen LogP contribution in [0.25, 0.3) is 0 Å². The molecule has 0 amide bonds. The van der Waals surface area contributed by atoms with Crippen LogP contribution in [-0.2, 0) is 0 Å². The smallest absolute Gasteiger partial charge is 0.0237 e. The second-order valence-corrected chi connectivity index (χ2v) is 1.75. The molecule has 0 heteroatoms. The monoisotopic (exact) mass is 83.1 g/mol. The normalized spacial score (nSPS) is 9.33. The summed E-state index contributed by atoms with van der Waals surface area (Å²) in [5, 5.41) is 0. The van der Waals surface area contributed by atoms with E-state index in [0.29, 0.717) is 5.92 Å². The minimum Gasteiger partial charge on any atom is -0.0999 e. The molecule has 0 heterocycles. The Hall–Kier alpha value is -0.260. The Kier molecular flexibility index (Phi) is 1.93. The van der Waals surface area contributed by atoms with E-state index in [0.717, 1.165) is 5.57 Å². The molecule has 0 nitrogen and oxygen atoms in total. The molecule has 0 aromatic heterocycles. The number of allylic oxidation sites excluding steroid dienone is 1. The van der Waals surface area contributed by atoms with Crippen molar-refractivity contribution < 1.29 is 0 Å². The van der Waals surface area contributed by atoms with Gasteiger partial charge in [0.25, 0.3) is 0 Å². The maximum absolute atomic E-state index is 3.74. The molecule has 0 spiro atoms. The largest absolute Gasteiger partial charge is 0.0999 e. The summed E-state index contributed by atoms with van der Waals surface area (Å²) in [5.74, 6) is 0.407. The predicted molar refractivity (Wildman–Crippen MR) is 29.3 cm³/mol. The van der Waals surface area contributed by atoms with E-state index in [2.05, 4.69) is 13.5 Å². The maximum atomic E-state index is 3.74. The average molecular weight is 83.2 g/mol. The second kappa shape index (κ2) is 2.01. The van der Waals surface area contributed by atoms with Crippen molar-refractivity contribution in [2.24, 2.45) is 5.92 Å². The lowest BCUT2D eigenvalue weighted by Crippen LogP contribution is -1.84. The molecule has 1 atom stereocenters. The van der Waals surface area contributed by atoms with Gasteiger partial charge in [0.2, 0.25) is 0 Å². The third kappa shape index (κ3) is 2.01. The summed E-state index contributed by atoms with van der Waals surface area (Å²) in [7, 11) is 0. The second-order valence-electron chi connectivity index (χ2n) is 1.75. The third-order valence-corrected chi connectivity index (χ3v) is 0.841. The molecule has 1 radical (unpaired) electrons. The van der Waals surface area contributed by atoms with E-state index in [4.69, 9.17) is 0 Å². The summed E-state index contributed by atoms with van der Waals surface area (Å²) in [6.07, 6.45) is 0. The molecule has 0 aromatic carbocycles. The van der Waals surface area contributed by atoms with E-state index >= 15 is 0 Å². The molecule has 6 heavy (non-hydrogen) atoms. The van der Waals surface area contributed by atoms with Crippen LogP contribution >= 0.6 is 0 Å². The SMILES string of the molecule is [CH2]C(C)C(=C)C. The van der Waals surface area contributed by atoms with Gasteiger partial charge in [0.15, 0.2) is 0 Å². The van der Waals surface area contributed by atoms with Crippen LogP contribution in [0.15, 0.2) is 12.2 Å². The molecule has 0 saturated carbocycles. The van der Waals surface area contributed by atoms with Crippen LogP contribution in [0.3, 0.4) is 0 Å². The molecule has 0 aromatic rings. The highest BCUT2D eigenvalue weighted by Crippen LogP contribution is 2.01. The average Bonchev–Trinajstić information content (AvgIpc) is 1.36. The lowest BCUT2D eigenvalue weighted by atomic mass is 10.1. The topological polar surface area (TPSA) is 0 Å². The summed E-state index contributed by atoms with van der Waals surface area (Å²) in [6.45, 7) is 11.4. The Morgan fingerprint density at radius 1 is 1.67 bits per heavy atom. The molecule has 0 fully saturated rings. The van der Waals surface area contributed by atoms with Crippen LogP contribution in [0, 0.1) is 12.8 Å². The van der Waals surface area contributed by atoms with Crippen LogP contribution in [0.5, 0.6) is 0 Å². The molecule has 0 aliphatic carbocycles. The van der Waals surface area contributed by atoms with E-state index in [1.807, 2.05) is 13.8 Å². The van der Waals surface area contributed by atoms with Gasteiger partial charge in [-0.15, -0.1) is 0 Å². The van der Waals surface area contributed by atoms with Crippen molar-refractivity contribution in [3.63, 3.8) is 0 Å². The zero-order valence-electron chi connectivity index (χ0n) is 4.49. The molecule has 1 unspecified atom stereocenters.